The quantitative estimate of drug-likeness (QED) is 0.219. The summed E-state index contributed by atoms with van der Waals surface area (Å²) in [5.74, 6) is 0.597. The molecule has 5 N–H and O–H groups in total. The van der Waals surface area contributed by atoms with Crippen LogP contribution in [0, 0.1) is 11.7 Å². The molecular weight excluding hydrogens is 513 g/mol. The standard InChI is InChI=1S/C30H32FN5O4/c1-29(14-32-13-17-3-4-17)16-40-26-21(29)12-24(36-25(26)18-5-8-20(31)9-6-18)30(2,39)15-33-27(37)19-7-10-22-23(11-19)35-28(38)34-22/h5-12,17,32,39H,3-4,13-16H2,1-2H3,(H,33,37)(H2,34,35,38)/t29-,30-/m0/s1. The minimum Gasteiger partial charge on any atom is -0.490 e. The van der Waals surface area contributed by atoms with Crippen molar-refractivity contribution in [2.45, 2.75) is 37.7 Å². The van der Waals surface area contributed by atoms with Crippen LogP contribution >= 0.6 is 0 Å². The van der Waals surface area contributed by atoms with Crippen molar-refractivity contribution in [2.75, 3.05) is 26.2 Å². The molecule has 40 heavy (non-hydrogen) atoms. The Kier molecular flexibility index (Phi) is 6.47. The summed E-state index contributed by atoms with van der Waals surface area (Å²) in [4.78, 5) is 34.6. The molecular formula is C30H32FN5O4. The summed E-state index contributed by atoms with van der Waals surface area (Å²) in [5.41, 5.74) is 1.68. The highest BCUT2D eigenvalue weighted by molar-refractivity contribution is 5.97. The van der Waals surface area contributed by atoms with E-state index in [0.29, 0.717) is 52.4 Å². The number of carbonyl (C=O) groups is 1. The number of ether oxygens (including phenoxy) is 1. The van der Waals surface area contributed by atoms with Crippen molar-refractivity contribution in [3.05, 3.63) is 81.7 Å². The summed E-state index contributed by atoms with van der Waals surface area (Å²) in [6, 6.07) is 12.7. The van der Waals surface area contributed by atoms with E-state index in [0.717, 1.165) is 18.0 Å². The second-order valence-corrected chi connectivity index (χ2v) is 11.5. The van der Waals surface area contributed by atoms with Crippen LogP contribution in [0.2, 0.25) is 0 Å². The average Bonchev–Trinajstić information content (AvgIpc) is 3.59. The number of carbonyl (C=O) groups excluding carboxylic acids is 1. The molecule has 0 radical (unpaired) electrons. The summed E-state index contributed by atoms with van der Waals surface area (Å²) in [6.07, 6.45) is 2.51. The number of aliphatic hydroxyl groups is 1. The molecule has 2 aromatic heterocycles. The predicted octanol–water partition coefficient (Wildman–Crippen LogP) is 3.34. The van der Waals surface area contributed by atoms with Gasteiger partial charge in [0.05, 0.1) is 29.9 Å². The lowest BCUT2D eigenvalue weighted by Gasteiger charge is -2.27. The number of aromatic amines is 2. The van der Waals surface area contributed by atoms with Crippen LogP contribution < -0.4 is 21.1 Å². The highest BCUT2D eigenvalue weighted by Crippen LogP contribution is 2.45. The van der Waals surface area contributed by atoms with Crippen molar-refractivity contribution >= 4 is 16.9 Å². The molecule has 2 aliphatic rings. The van der Waals surface area contributed by atoms with Crippen LogP contribution in [-0.2, 0) is 11.0 Å². The Labute approximate surface area is 230 Å². The number of benzene rings is 2. The van der Waals surface area contributed by atoms with Gasteiger partial charge in [-0.2, -0.15) is 0 Å². The second kappa shape index (κ2) is 9.87. The first-order valence-corrected chi connectivity index (χ1v) is 13.5. The van der Waals surface area contributed by atoms with Crippen LogP contribution in [0.1, 0.15) is 48.3 Å². The topological polar surface area (TPSA) is 132 Å². The Balaban J connectivity index is 1.30. The number of rotatable bonds is 9. The van der Waals surface area contributed by atoms with E-state index >= 15 is 0 Å². The van der Waals surface area contributed by atoms with Crippen molar-refractivity contribution in [3.63, 3.8) is 0 Å². The maximum atomic E-state index is 13.7. The summed E-state index contributed by atoms with van der Waals surface area (Å²) in [7, 11) is 0. The van der Waals surface area contributed by atoms with E-state index in [1.54, 1.807) is 37.3 Å². The molecule has 2 aromatic carbocycles. The number of imidazole rings is 1. The molecule has 0 spiro atoms. The van der Waals surface area contributed by atoms with Gasteiger partial charge in [0.2, 0.25) is 0 Å². The third kappa shape index (κ3) is 5.12. The first kappa shape index (κ1) is 26.2. The molecule has 208 valence electrons. The highest BCUT2D eigenvalue weighted by Gasteiger charge is 2.41. The summed E-state index contributed by atoms with van der Waals surface area (Å²) in [5, 5.41) is 18.0. The number of pyridine rings is 1. The van der Waals surface area contributed by atoms with Gasteiger partial charge in [-0.1, -0.05) is 6.92 Å². The zero-order valence-electron chi connectivity index (χ0n) is 22.4. The molecule has 2 atom stereocenters. The SMILES string of the molecule is C[C@]1(CNCC2CC2)COc2c1cc([C@@](C)(O)CNC(=O)c1ccc3[nH]c(=O)[nH]c3c1)nc2-c1ccc(F)cc1. The number of hydrogen-bond donors (Lipinski definition) is 5. The molecule has 6 rings (SSSR count). The van der Waals surface area contributed by atoms with E-state index in [2.05, 4.69) is 27.5 Å². The molecule has 1 amide bonds. The number of nitrogens with one attached hydrogen (secondary N) is 4. The normalized spacial score (nSPS) is 19.7. The van der Waals surface area contributed by atoms with E-state index < -0.39 is 11.5 Å². The lowest BCUT2D eigenvalue weighted by atomic mass is 9.82. The van der Waals surface area contributed by atoms with Crippen molar-refractivity contribution < 1.29 is 19.0 Å². The Hall–Kier alpha value is -4.02. The Bertz CT molecular complexity index is 1640. The Morgan fingerprint density at radius 1 is 1.18 bits per heavy atom. The molecule has 1 aliphatic carbocycles. The largest absolute Gasteiger partial charge is 0.490 e. The Morgan fingerprint density at radius 2 is 1.93 bits per heavy atom. The van der Waals surface area contributed by atoms with E-state index in [-0.39, 0.29) is 23.5 Å². The molecule has 9 nitrogen and oxygen atoms in total. The fourth-order valence-corrected chi connectivity index (χ4v) is 5.16. The number of fused-ring (bicyclic) bond motifs is 2. The first-order chi connectivity index (χ1) is 19.1. The van der Waals surface area contributed by atoms with Crippen LogP contribution in [0.15, 0.2) is 53.3 Å². The van der Waals surface area contributed by atoms with E-state index in [1.165, 1.54) is 25.0 Å². The maximum Gasteiger partial charge on any atom is 0.323 e. The number of aromatic nitrogens is 3. The molecule has 0 bridgehead atoms. The highest BCUT2D eigenvalue weighted by atomic mass is 19.1. The van der Waals surface area contributed by atoms with Gasteiger partial charge in [-0.25, -0.2) is 14.2 Å². The summed E-state index contributed by atoms with van der Waals surface area (Å²) in [6.45, 7) is 5.71. The van der Waals surface area contributed by atoms with Crippen molar-refractivity contribution in [1.29, 1.82) is 0 Å². The van der Waals surface area contributed by atoms with Crippen LogP contribution in [0.4, 0.5) is 4.39 Å². The molecule has 0 saturated heterocycles. The van der Waals surface area contributed by atoms with E-state index in [4.69, 9.17) is 9.72 Å². The first-order valence-electron chi connectivity index (χ1n) is 13.5. The molecule has 4 aromatic rings. The molecule has 1 fully saturated rings. The van der Waals surface area contributed by atoms with Gasteiger partial charge in [0.1, 0.15) is 22.9 Å². The fourth-order valence-electron chi connectivity index (χ4n) is 5.16. The van der Waals surface area contributed by atoms with Gasteiger partial charge >= 0.3 is 5.69 Å². The molecule has 1 aliphatic heterocycles. The minimum absolute atomic E-state index is 0.111. The predicted molar refractivity (Wildman–Crippen MR) is 149 cm³/mol. The van der Waals surface area contributed by atoms with Crippen molar-refractivity contribution in [3.8, 4) is 17.0 Å². The maximum absolute atomic E-state index is 13.7. The monoisotopic (exact) mass is 545 g/mol. The van der Waals surface area contributed by atoms with Gasteiger partial charge in [0.25, 0.3) is 5.91 Å². The lowest BCUT2D eigenvalue weighted by Crippen LogP contribution is -2.40. The van der Waals surface area contributed by atoms with Crippen LogP contribution in [0.25, 0.3) is 22.3 Å². The van der Waals surface area contributed by atoms with Crippen LogP contribution in [0.5, 0.6) is 5.75 Å². The third-order valence-electron chi connectivity index (χ3n) is 7.84. The van der Waals surface area contributed by atoms with Gasteiger partial charge in [0, 0.05) is 28.7 Å². The zero-order chi connectivity index (χ0) is 28.1. The van der Waals surface area contributed by atoms with E-state index in [9.17, 15) is 19.1 Å². The number of hydrogen-bond acceptors (Lipinski definition) is 6. The second-order valence-electron chi connectivity index (χ2n) is 11.5. The van der Waals surface area contributed by atoms with Gasteiger partial charge in [0.15, 0.2) is 0 Å². The van der Waals surface area contributed by atoms with Gasteiger partial charge in [-0.05, 0) is 80.8 Å². The smallest absolute Gasteiger partial charge is 0.323 e. The fraction of sp³-hybridized carbons (Fsp3) is 0.367. The molecule has 1 saturated carbocycles. The summed E-state index contributed by atoms with van der Waals surface area (Å²) >= 11 is 0. The number of H-pyrrole nitrogens is 2. The van der Waals surface area contributed by atoms with Gasteiger partial charge < -0.3 is 30.4 Å². The van der Waals surface area contributed by atoms with E-state index in [1.807, 2.05) is 6.07 Å². The number of halogens is 1. The molecule has 10 heteroatoms. The third-order valence-corrected chi connectivity index (χ3v) is 7.84. The summed E-state index contributed by atoms with van der Waals surface area (Å²) < 4.78 is 19.9. The van der Waals surface area contributed by atoms with Gasteiger partial charge in [-0.3, -0.25) is 4.79 Å². The van der Waals surface area contributed by atoms with Crippen molar-refractivity contribution in [1.82, 2.24) is 25.6 Å². The minimum atomic E-state index is -1.53. The number of nitrogens with zero attached hydrogens (tertiary/aromatic N) is 1. The lowest BCUT2D eigenvalue weighted by molar-refractivity contribution is 0.0489. The zero-order valence-corrected chi connectivity index (χ0v) is 22.4. The van der Waals surface area contributed by atoms with Crippen molar-refractivity contribution in [2.24, 2.45) is 5.92 Å². The number of amides is 1. The van der Waals surface area contributed by atoms with Gasteiger partial charge in [-0.15, -0.1) is 0 Å². The average molecular weight is 546 g/mol. The molecule has 0 unspecified atom stereocenters. The molecule has 3 heterocycles. The van der Waals surface area contributed by atoms with Crippen LogP contribution in [0.3, 0.4) is 0 Å². The van der Waals surface area contributed by atoms with Crippen LogP contribution in [-0.4, -0.2) is 52.2 Å². The Morgan fingerprint density at radius 3 is 2.67 bits per heavy atom.